The molecule has 2 atom stereocenters. The number of pyridine rings is 1. The number of fused-ring (bicyclic) bond motifs is 1. The lowest BCUT2D eigenvalue weighted by Gasteiger charge is -2.40. The van der Waals surface area contributed by atoms with Crippen molar-refractivity contribution in [2.24, 2.45) is 5.92 Å². The molecule has 1 aromatic heterocycles. The van der Waals surface area contributed by atoms with Gasteiger partial charge in [-0.1, -0.05) is 49.4 Å². The summed E-state index contributed by atoms with van der Waals surface area (Å²) >= 11 is 0. The molecule has 1 saturated heterocycles. The molecule has 3 aromatic rings. The van der Waals surface area contributed by atoms with Crippen molar-refractivity contribution in [3.63, 3.8) is 0 Å². The Labute approximate surface area is 162 Å². The Balaban J connectivity index is 0.00000196. The normalized spacial score (nSPS) is 20.0. The maximum atomic E-state index is 4.19. The number of anilines is 1. The molecule has 0 N–H and O–H groups in total. The van der Waals surface area contributed by atoms with Crippen LogP contribution in [-0.2, 0) is 6.42 Å². The molecule has 0 amide bonds. The van der Waals surface area contributed by atoms with E-state index in [1.807, 2.05) is 12.4 Å². The van der Waals surface area contributed by atoms with Crippen LogP contribution in [0.5, 0.6) is 0 Å². The lowest BCUT2D eigenvalue weighted by atomic mass is 9.89. The summed E-state index contributed by atoms with van der Waals surface area (Å²) in [7, 11) is 0. The number of aromatic nitrogens is 1. The topological polar surface area (TPSA) is 16.1 Å². The molecule has 4 rings (SSSR count). The second-order valence-corrected chi connectivity index (χ2v) is 7.37. The molecule has 3 heteroatoms. The molecule has 2 heterocycles. The third kappa shape index (κ3) is 4.02. The highest BCUT2D eigenvalue weighted by atomic mass is 35.5. The van der Waals surface area contributed by atoms with E-state index in [1.165, 1.54) is 41.3 Å². The minimum atomic E-state index is 0. The van der Waals surface area contributed by atoms with Gasteiger partial charge < -0.3 is 4.90 Å². The summed E-state index contributed by atoms with van der Waals surface area (Å²) in [5.74, 6) is 0.766. The molecule has 2 aromatic carbocycles. The Bertz CT molecular complexity index is 828. The zero-order valence-corrected chi connectivity index (χ0v) is 16.2. The van der Waals surface area contributed by atoms with Crippen LogP contribution in [0.15, 0.2) is 67.0 Å². The van der Waals surface area contributed by atoms with Crippen molar-refractivity contribution in [2.45, 2.75) is 38.6 Å². The molecule has 136 valence electrons. The average Bonchev–Trinajstić information content (AvgIpc) is 2.67. The van der Waals surface area contributed by atoms with Gasteiger partial charge in [-0.25, -0.2) is 0 Å². The van der Waals surface area contributed by atoms with Crippen LogP contribution in [0.3, 0.4) is 0 Å². The van der Waals surface area contributed by atoms with E-state index in [4.69, 9.17) is 0 Å². The van der Waals surface area contributed by atoms with Crippen LogP contribution >= 0.6 is 12.4 Å². The summed E-state index contributed by atoms with van der Waals surface area (Å²) in [5.41, 5.74) is 2.80. The first kappa shape index (κ1) is 18.7. The molecule has 0 saturated carbocycles. The van der Waals surface area contributed by atoms with Gasteiger partial charge in [-0.15, -0.1) is 12.4 Å². The Hall–Kier alpha value is -2.06. The van der Waals surface area contributed by atoms with Gasteiger partial charge in [0.1, 0.15) is 0 Å². The van der Waals surface area contributed by atoms with E-state index >= 15 is 0 Å². The molecule has 1 aliphatic rings. The van der Waals surface area contributed by atoms with E-state index in [1.54, 1.807) is 0 Å². The van der Waals surface area contributed by atoms with Crippen LogP contribution in [0.4, 0.5) is 5.69 Å². The van der Waals surface area contributed by atoms with Gasteiger partial charge in [0.25, 0.3) is 0 Å². The summed E-state index contributed by atoms with van der Waals surface area (Å²) in [6, 6.07) is 20.4. The van der Waals surface area contributed by atoms with Crippen LogP contribution in [0, 0.1) is 5.92 Å². The highest BCUT2D eigenvalue weighted by Crippen LogP contribution is 2.30. The fourth-order valence-corrected chi connectivity index (χ4v) is 4.19. The summed E-state index contributed by atoms with van der Waals surface area (Å²) in [5, 5.41) is 2.76. The molecule has 0 spiro atoms. The number of nitrogens with zero attached hydrogens (tertiary/aromatic N) is 2. The zero-order chi connectivity index (χ0) is 17.1. The third-order valence-corrected chi connectivity index (χ3v) is 5.56. The predicted molar refractivity (Wildman–Crippen MR) is 113 cm³/mol. The van der Waals surface area contributed by atoms with E-state index in [0.29, 0.717) is 6.04 Å². The molecular formula is C23H27ClN2. The summed E-state index contributed by atoms with van der Waals surface area (Å²) in [6.45, 7) is 3.53. The van der Waals surface area contributed by atoms with Crippen LogP contribution < -0.4 is 4.90 Å². The number of piperidine rings is 1. The second-order valence-electron chi connectivity index (χ2n) is 7.37. The molecule has 0 bridgehead atoms. The molecular weight excluding hydrogens is 340 g/mol. The fraction of sp³-hybridized carbons (Fsp3) is 0.348. The Kier molecular flexibility index (Phi) is 6.16. The van der Waals surface area contributed by atoms with Gasteiger partial charge in [0.05, 0.1) is 0 Å². The van der Waals surface area contributed by atoms with Crippen LogP contribution in [-0.4, -0.2) is 17.6 Å². The summed E-state index contributed by atoms with van der Waals surface area (Å²) < 4.78 is 0. The van der Waals surface area contributed by atoms with Crippen molar-refractivity contribution in [3.8, 4) is 0 Å². The minimum Gasteiger partial charge on any atom is -0.368 e. The van der Waals surface area contributed by atoms with E-state index in [2.05, 4.69) is 71.4 Å². The van der Waals surface area contributed by atoms with Gasteiger partial charge in [0.2, 0.25) is 0 Å². The number of hydrogen-bond donors (Lipinski definition) is 0. The first-order chi connectivity index (χ1) is 12.3. The van der Waals surface area contributed by atoms with Gasteiger partial charge in [0.15, 0.2) is 0 Å². The highest BCUT2D eigenvalue weighted by Gasteiger charge is 2.26. The van der Waals surface area contributed by atoms with Crippen molar-refractivity contribution in [2.75, 3.05) is 11.4 Å². The SMILES string of the molecule is CC1CCC(CCc2cccc3ccccc23)N(c2ccncc2)C1.Cl. The number of aryl methyl sites for hydroxylation is 1. The molecule has 0 radical (unpaired) electrons. The molecule has 2 nitrogen and oxygen atoms in total. The first-order valence-electron chi connectivity index (χ1n) is 9.44. The standard InChI is InChI=1S/C23H26N2.ClH/c1-18-9-11-21(25(17-18)22-13-15-24-16-14-22)12-10-20-7-4-6-19-5-2-3-8-23(19)20;/h2-8,13-16,18,21H,9-12,17H2,1H3;1H. The number of hydrogen-bond acceptors (Lipinski definition) is 2. The number of halogens is 1. The second kappa shape index (κ2) is 8.55. The van der Waals surface area contributed by atoms with Gasteiger partial charge in [-0.05, 0) is 60.1 Å². The van der Waals surface area contributed by atoms with Crippen LogP contribution in [0.25, 0.3) is 10.8 Å². The van der Waals surface area contributed by atoms with Crippen molar-refractivity contribution >= 4 is 28.9 Å². The molecule has 26 heavy (non-hydrogen) atoms. The van der Waals surface area contributed by atoms with E-state index in [0.717, 1.165) is 18.9 Å². The number of rotatable bonds is 4. The lowest BCUT2D eigenvalue weighted by Crippen LogP contribution is -2.43. The van der Waals surface area contributed by atoms with Crippen LogP contribution in [0.2, 0.25) is 0 Å². The maximum absolute atomic E-state index is 4.19. The summed E-state index contributed by atoms with van der Waals surface area (Å²) in [6.07, 6.45) is 8.80. The van der Waals surface area contributed by atoms with E-state index in [-0.39, 0.29) is 12.4 Å². The quantitative estimate of drug-likeness (QED) is 0.571. The fourth-order valence-electron chi connectivity index (χ4n) is 4.19. The first-order valence-corrected chi connectivity index (χ1v) is 9.44. The largest absolute Gasteiger partial charge is 0.368 e. The van der Waals surface area contributed by atoms with Crippen molar-refractivity contribution in [1.29, 1.82) is 0 Å². The van der Waals surface area contributed by atoms with Crippen molar-refractivity contribution < 1.29 is 0 Å². The molecule has 2 unspecified atom stereocenters. The zero-order valence-electron chi connectivity index (χ0n) is 15.3. The van der Waals surface area contributed by atoms with Crippen molar-refractivity contribution in [1.82, 2.24) is 4.98 Å². The predicted octanol–water partition coefficient (Wildman–Crippen LogP) is 5.89. The van der Waals surface area contributed by atoms with Gasteiger partial charge in [-0.2, -0.15) is 0 Å². The lowest BCUT2D eigenvalue weighted by molar-refractivity contribution is 0.363. The smallest absolute Gasteiger partial charge is 0.0399 e. The molecule has 0 aliphatic carbocycles. The van der Waals surface area contributed by atoms with Crippen LogP contribution in [0.1, 0.15) is 31.7 Å². The van der Waals surface area contributed by atoms with Crippen molar-refractivity contribution in [3.05, 3.63) is 72.6 Å². The maximum Gasteiger partial charge on any atom is 0.0399 e. The monoisotopic (exact) mass is 366 g/mol. The Morgan fingerprint density at radius 3 is 2.58 bits per heavy atom. The molecule has 1 aliphatic heterocycles. The average molecular weight is 367 g/mol. The van der Waals surface area contributed by atoms with E-state index < -0.39 is 0 Å². The van der Waals surface area contributed by atoms with E-state index in [9.17, 15) is 0 Å². The minimum absolute atomic E-state index is 0. The Morgan fingerprint density at radius 2 is 1.73 bits per heavy atom. The summed E-state index contributed by atoms with van der Waals surface area (Å²) in [4.78, 5) is 6.80. The number of benzene rings is 2. The van der Waals surface area contributed by atoms with Gasteiger partial charge in [0, 0.05) is 30.7 Å². The van der Waals surface area contributed by atoms with Gasteiger partial charge >= 0.3 is 0 Å². The Morgan fingerprint density at radius 1 is 0.962 bits per heavy atom. The van der Waals surface area contributed by atoms with Gasteiger partial charge in [-0.3, -0.25) is 4.98 Å². The highest BCUT2D eigenvalue weighted by molar-refractivity contribution is 5.86. The third-order valence-electron chi connectivity index (χ3n) is 5.56. The molecule has 1 fully saturated rings.